The lowest BCUT2D eigenvalue weighted by Gasteiger charge is -2.19. The molecule has 0 heterocycles. The number of hydrogen-bond donors (Lipinski definition) is 2. The van der Waals surface area contributed by atoms with Crippen LogP contribution in [-0.4, -0.2) is 45.6 Å². The van der Waals surface area contributed by atoms with Crippen molar-refractivity contribution in [2.75, 3.05) is 32.6 Å². The van der Waals surface area contributed by atoms with Gasteiger partial charge in [0.1, 0.15) is 12.3 Å². The Morgan fingerprint density at radius 2 is 2.12 bits per heavy atom. The van der Waals surface area contributed by atoms with E-state index < -0.39 is 11.7 Å². The summed E-state index contributed by atoms with van der Waals surface area (Å²) >= 11 is 0. The average molecular weight is 361 g/mol. The van der Waals surface area contributed by atoms with Crippen LogP contribution in [0.25, 0.3) is 0 Å². The lowest BCUT2D eigenvalue weighted by atomic mass is 10.0. The van der Waals surface area contributed by atoms with Gasteiger partial charge in [-0.25, -0.2) is 0 Å². The largest absolute Gasteiger partial charge is 0.461 e. The summed E-state index contributed by atoms with van der Waals surface area (Å²) in [7, 11) is 3.01. The number of methoxy groups -OCH3 is 1. The van der Waals surface area contributed by atoms with Gasteiger partial charge < -0.3 is 20.2 Å². The van der Waals surface area contributed by atoms with E-state index in [0.717, 1.165) is 6.07 Å². The number of carbonyl (C=O) groups is 1. The van der Waals surface area contributed by atoms with Crippen LogP contribution in [0.2, 0.25) is 0 Å². The number of anilines is 1. The fourth-order valence-corrected chi connectivity index (χ4v) is 2.16. The molecule has 25 heavy (non-hydrogen) atoms. The maximum atomic E-state index is 13.4. The first-order valence-electron chi connectivity index (χ1n) is 7.64. The molecule has 1 aromatic rings. The van der Waals surface area contributed by atoms with Crippen LogP contribution in [0.3, 0.4) is 0 Å². The Labute approximate surface area is 144 Å². The van der Waals surface area contributed by atoms with Crippen molar-refractivity contribution < 1.29 is 27.4 Å². The molecular weight excluding hydrogens is 339 g/mol. The molecule has 2 N–H and O–H groups in total. The highest BCUT2D eigenvalue weighted by Gasteiger charge is 2.34. The number of alkyl halides is 3. The van der Waals surface area contributed by atoms with Crippen molar-refractivity contribution in [1.82, 2.24) is 5.43 Å². The molecule has 0 saturated heterocycles. The number of ether oxygens (including phenoxy) is 2. The quantitative estimate of drug-likeness (QED) is 0.381. The van der Waals surface area contributed by atoms with Gasteiger partial charge in [0.05, 0.1) is 11.7 Å². The maximum Gasteiger partial charge on any atom is 0.418 e. The maximum absolute atomic E-state index is 13.4. The van der Waals surface area contributed by atoms with Gasteiger partial charge in [0.15, 0.2) is 0 Å². The zero-order valence-corrected chi connectivity index (χ0v) is 14.3. The molecule has 0 aliphatic carbocycles. The smallest absolute Gasteiger partial charge is 0.418 e. The van der Waals surface area contributed by atoms with Crippen LogP contribution in [-0.2, 0) is 20.4 Å². The SMILES string of the molecule is CCC(CNc1ccc(/C(COC=O)=N/NC)cc1C(F)(F)F)OC. The minimum Gasteiger partial charge on any atom is -0.461 e. The van der Waals surface area contributed by atoms with E-state index in [0.29, 0.717) is 6.42 Å². The second kappa shape index (κ2) is 9.87. The van der Waals surface area contributed by atoms with E-state index >= 15 is 0 Å². The molecule has 0 aliphatic heterocycles. The van der Waals surface area contributed by atoms with Crippen molar-refractivity contribution in [3.8, 4) is 0 Å². The molecule has 1 unspecified atom stereocenters. The highest BCUT2D eigenvalue weighted by molar-refractivity contribution is 6.02. The predicted octanol–water partition coefficient (Wildman–Crippen LogP) is 2.64. The number of hydrogen-bond acceptors (Lipinski definition) is 6. The van der Waals surface area contributed by atoms with Gasteiger partial charge >= 0.3 is 6.18 Å². The first-order chi connectivity index (χ1) is 11.9. The Kier molecular flexibility index (Phi) is 8.20. The molecule has 0 aromatic heterocycles. The van der Waals surface area contributed by atoms with Crippen molar-refractivity contribution in [2.24, 2.45) is 5.10 Å². The third-order valence-corrected chi connectivity index (χ3v) is 3.50. The van der Waals surface area contributed by atoms with Gasteiger partial charge in [0.25, 0.3) is 6.47 Å². The molecule has 0 fully saturated rings. The lowest BCUT2D eigenvalue weighted by Crippen LogP contribution is -2.23. The van der Waals surface area contributed by atoms with Crippen molar-refractivity contribution in [3.63, 3.8) is 0 Å². The summed E-state index contributed by atoms with van der Waals surface area (Å²) in [5.41, 5.74) is 1.98. The molecular formula is C16H22F3N3O3. The zero-order valence-electron chi connectivity index (χ0n) is 14.3. The van der Waals surface area contributed by atoms with Crippen molar-refractivity contribution >= 4 is 17.9 Å². The summed E-state index contributed by atoms with van der Waals surface area (Å²) in [4.78, 5) is 10.3. The molecule has 0 bridgehead atoms. The Morgan fingerprint density at radius 1 is 1.40 bits per heavy atom. The number of benzene rings is 1. The molecule has 0 saturated carbocycles. The van der Waals surface area contributed by atoms with Crippen LogP contribution in [0.1, 0.15) is 24.5 Å². The van der Waals surface area contributed by atoms with Crippen LogP contribution in [0.4, 0.5) is 18.9 Å². The third kappa shape index (κ3) is 6.26. The normalized spacial score (nSPS) is 13.3. The standard InChI is InChI=1S/C16H22F3N3O3/c1-4-12(24-3)8-21-14-6-5-11(7-13(14)16(17,18)19)15(22-20-2)9-25-10-23/h5-7,10,12,20-21H,4,8-9H2,1-3H3/b22-15+. The van der Waals surface area contributed by atoms with Gasteiger partial charge in [-0.15, -0.1) is 0 Å². The van der Waals surface area contributed by atoms with E-state index in [1.54, 1.807) is 0 Å². The predicted molar refractivity (Wildman–Crippen MR) is 88.6 cm³/mol. The molecule has 6 nitrogen and oxygen atoms in total. The molecule has 1 aromatic carbocycles. The van der Waals surface area contributed by atoms with Crippen molar-refractivity contribution in [1.29, 1.82) is 0 Å². The summed E-state index contributed by atoms with van der Waals surface area (Å²) in [6.07, 6.45) is -4.07. The molecule has 9 heteroatoms. The molecule has 140 valence electrons. The molecule has 1 atom stereocenters. The summed E-state index contributed by atoms with van der Waals surface area (Å²) in [5, 5.41) is 6.64. The lowest BCUT2D eigenvalue weighted by molar-refractivity contribution is -0.137. The van der Waals surface area contributed by atoms with Gasteiger partial charge in [-0.1, -0.05) is 13.0 Å². The Balaban J connectivity index is 3.16. The first kappa shape index (κ1) is 20.8. The number of nitrogens with zero attached hydrogens (tertiary/aromatic N) is 1. The monoisotopic (exact) mass is 361 g/mol. The van der Waals surface area contributed by atoms with Crippen molar-refractivity contribution in [2.45, 2.75) is 25.6 Å². The molecule has 0 radical (unpaired) electrons. The van der Waals surface area contributed by atoms with Gasteiger partial charge in [-0.2, -0.15) is 18.3 Å². The fourth-order valence-electron chi connectivity index (χ4n) is 2.16. The minimum absolute atomic E-state index is 0.0492. The van der Waals surface area contributed by atoms with E-state index in [1.807, 2.05) is 6.92 Å². The van der Waals surface area contributed by atoms with E-state index in [9.17, 15) is 18.0 Å². The van der Waals surface area contributed by atoms with Crippen LogP contribution >= 0.6 is 0 Å². The average Bonchev–Trinajstić information content (AvgIpc) is 2.58. The van der Waals surface area contributed by atoms with Gasteiger partial charge in [-0.05, 0) is 18.6 Å². The number of hydrazone groups is 1. The summed E-state index contributed by atoms with van der Waals surface area (Å²) in [6, 6.07) is 3.78. The van der Waals surface area contributed by atoms with E-state index in [1.165, 1.54) is 26.3 Å². The molecule has 1 rings (SSSR count). The van der Waals surface area contributed by atoms with Gasteiger partial charge in [0.2, 0.25) is 0 Å². The number of nitrogens with one attached hydrogen (secondary N) is 2. The summed E-state index contributed by atoms with van der Waals surface area (Å²) in [6.45, 7) is 2.11. The fraction of sp³-hybridized carbons (Fsp3) is 0.500. The topological polar surface area (TPSA) is 72.0 Å². The van der Waals surface area contributed by atoms with Crippen LogP contribution in [0.5, 0.6) is 0 Å². The highest BCUT2D eigenvalue weighted by atomic mass is 19.4. The van der Waals surface area contributed by atoms with Gasteiger partial charge in [-0.3, -0.25) is 4.79 Å². The number of carbonyl (C=O) groups excluding carboxylic acids is 1. The number of rotatable bonds is 10. The van der Waals surface area contributed by atoms with E-state index in [-0.39, 0.29) is 42.7 Å². The minimum atomic E-state index is -4.55. The number of halogens is 3. The Bertz CT molecular complexity index is 588. The van der Waals surface area contributed by atoms with Crippen LogP contribution in [0, 0.1) is 0 Å². The highest BCUT2D eigenvalue weighted by Crippen LogP contribution is 2.35. The van der Waals surface area contributed by atoms with E-state index in [2.05, 4.69) is 20.6 Å². The Hall–Kier alpha value is -2.29. The van der Waals surface area contributed by atoms with Gasteiger partial charge in [0, 0.05) is 32.0 Å². The third-order valence-electron chi connectivity index (χ3n) is 3.50. The van der Waals surface area contributed by atoms with Crippen LogP contribution in [0.15, 0.2) is 23.3 Å². The van der Waals surface area contributed by atoms with Crippen molar-refractivity contribution in [3.05, 3.63) is 29.3 Å². The second-order valence-corrected chi connectivity index (χ2v) is 5.09. The summed E-state index contributed by atoms with van der Waals surface area (Å²) in [5.74, 6) is 0. The molecule has 0 spiro atoms. The molecule has 0 amide bonds. The first-order valence-corrected chi connectivity index (χ1v) is 7.64. The van der Waals surface area contributed by atoms with Crippen LogP contribution < -0.4 is 10.7 Å². The van der Waals surface area contributed by atoms with E-state index in [4.69, 9.17) is 4.74 Å². The second-order valence-electron chi connectivity index (χ2n) is 5.09. The summed E-state index contributed by atoms with van der Waals surface area (Å²) < 4.78 is 50.0. The molecule has 0 aliphatic rings. The zero-order chi connectivity index (χ0) is 18.9. The Morgan fingerprint density at radius 3 is 2.64 bits per heavy atom.